The number of hydrogen-bond donors (Lipinski definition) is 3. The van der Waals surface area contributed by atoms with Gasteiger partial charge in [0.2, 0.25) is 0 Å². The second-order valence-corrected chi connectivity index (χ2v) is 9.09. The zero-order valence-electron chi connectivity index (χ0n) is 16.4. The SMILES string of the molecule is CC1(O)CCN(C2CCC([n+]3nc(N)n[nH]3)CC2)[C@@H](Cc2ccc(Cl)cc2)C1. The number of nitrogen functional groups attached to an aromatic ring is 1. The molecular weight excluding hydrogens is 376 g/mol. The maximum Gasteiger partial charge on any atom is 0.398 e. The molecule has 1 aliphatic carbocycles. The first kappa shape index (κ1) is 19.6. The molecule has 8 heteroatoms. The van der Waals surface area contributed by atoms with Crippen molar-refractivity contribution in [1.82, 2.24) is 20.3 Å². The molecule has 28 heavy (non-hydrogen) atoms. The molecule has 2 aromatic rings. The van der Waals surface area contributed by atoms with Crippen LogP contribution in [0.2, 0.25) is 5.02 Å². The number of aromatic amines is 1. The van der Waals surface area contributed by atoms with E-state index in [4.69, 9.17) is 17.3 Å². The summed E-state index contributed by atoms with van der Waals surface area (Å²) in [4.78, 5) is 4.44. The standard InChI is InChI=1S/C20H29ClN6O/c1-20(28)10-11-26(18(13-20)12-14-2-4-15(21)5-3-14)16-6-8-17(9-7-16)27-24-19(22)23-25-27/h2-5,16-18,28H,6-13H2,1H3,(H2,22,24)/p+1/t16?,17?,18-,20?/m0/s1. The Morgan fingerprint density at radius 3 is 2.64 bits per heavy atom. The maximum absolute atomic E-state index is 10.7. The van der Waals surface area contributed by atoms with E-state index in [0.29, 0.717) is 24.1 Å². The van der Waals surface area contributed by atoms with Gasteiger partial charge in [-0.25, -0.2) is 0 Å². The van der Waals surface area contributed by atoms with E-state index >= 15 is 0 Å². The van der Waals surface area contributed by atoms with Gasteiger partial charge in [0.25, 0.3) is 0 Å². The van der Waals surface area contributed by atoms with Crippen LogP contribution in [0.25, 0.3) is 0 Å². The van der Waals surface area contributed by atoms with E-state index in [9.17, 15) is 5.11 Å². The van der Waals surface area contributed by atoms with Gasteiger partial charge in [0, 0.05) is 28.7 Å². The number of benzene rings is 1. The Kier molecular flexibility index (Phi) is 5.58. The van der Waals surface area contributed by atoms with Crippen molar-refractivity contribution in [2.75, 3.05) is 12.3 Å². The molecule has 0 spiro atoms. The summed E-state index contributed by atoms with van der Waals surface area (Å²) in [5.41, 5.74) is 6.33. The third-order valence-electron chi connectivity index (χ3n) is 6.40. The van der Waals surface area contributed by atoms with Crippen LogP contribution in [0.3, 0.4) is 0 Å². The van der Waals surface area contributed by atoms with Gasteiger partial charge >= 0.3 is 5.95 Å². The highest BCUT2D eigenvalue weighted by Crippen LogP contribution is 2.35. The largest absolute Gasteiger partial charge is 0.398 e. The minimum atomic E-state index is -0.585. The minimum Gasteiger partial charge on any atom is -0.390 e. The number of nitrogens with one attached hydrogen (secondary N) is 1. The molecule has 2 atom stereocenters. The molecule has 1 saturated carbocycles. The molecule has 2 heterocycles. The van der Waals surface area contributed by atoms with Crippen LogP contribution >= 0.6 is 11.6 Å². The number of hydrogen-bond acceptors (Lipinski definition) is 5. The van der Waals surface area contributed by atoms with Crippen LogP contribution in [0.4, 0.5) is 5.95 Å². The fraction of sp³-hybridized carbons (Fsp3) is 0.650. The summed E-state index contributed by atoms with van der Waals surface area (Å²) >= 11 is 6.04. The third kappa shape index (κ3) is 4.47. The van der Waals surface area contributed by atoms with Gasteiger partial charge in [-0.2, -0.15) is 0 Å². The number of likely N-dealkylation sites (tertiary alicyclic amines) is 1. The molecule has 2 aliphatic rings. The molecule has 2 fully saturated rings. The Morgan fingerprint density at radius 2 is 2.00 bits per heavy atom. The highest BCUT2D eigenvalue weighted by atomic mass is 35.5. The molecule has 1 aliphatic heterocycles. The first-order valence-electron chi connectivity index (χ1n) is 10.2. The van der Waals surface area contributed by atoms with Crippen LogP contribution in [-0.4, -0.2) is 49.6 Å². The van der Waals surface area contributed by atoms with Crippen molar-refractivity contribution in [3.05, 3.63) is 34.9 Å². The van der Waals surface area contributed by atoms with E-state index in [1.54, 1.807) is 4.80 Å². The van der Waals surface area contributed by atoms with Crippen molar-refractivity contribution >= 4 is 17.5 Å². The Hall–Kier alpha value is -1.70. The molecule has 1 aromatic heterocycles. The molecule has 7 nitrogen and oxygen atoms in total. The average molecular weight is 406 g/mol. The van der Waals surface area contributed by atoms with Crippen molar-refractivity contribution in [3.63, 3.8) is 0 Å². The highest BCUT2D eigenvalue weighted by Gasteiger charge is 2.40. The average Bonchev–Trinajstić information content (AvgIpc) is 3.10. The number of nitrogens with zero attached hydrogens (tertiary/aromatic N) is 4. The van der Waals surface area contributed by atoms with Gasteiger partial charge in [-0.05, 0) is 74.8 Å². The summed E-state index contributed by atoms with van der Waals surface area (Å²) in [6.07, 6.45) is 6.95. The van der Waals surface area contributed by atoms with Crippen LogP contribution < -0.4 is 10.5 Å². The van der Waals surface area contributed by atoms with Gasteiger partial charge in [0.1, 0.15) is 6.04 Å². The lowest BCUT2D eigenvalue weighted by Crippen LogP contribution is -2.56. The lowest BCUT2D eigenvalue weighted by molar-refractivity contribution is -0.828. The maximum atomic E-state index is 10.7. The molecule has 4 rings (SSSR count). The van der Waals surface area contributed by atoms with Gasteiger partial charge in [-0.3, -0.25) is 4.90 Å². The Bertz CT molecular complexity index is 784. The molecular formula is C20H30ClN6O+. The van der Waals surface area contributed by atoms with E-state index in [2.05, 4.69) is 32.4 Å². The lowest BCUT2D eigenvalue weighted by Gasteiger charge is -2.47. The van der Waals surface area contributed by atoms with Gasteiger partial charge < -0.3 is 10.8 Å². The van der Waals surface area contributed by atoms with Gasteiger partial charge in [0.15, 0.2) is 0 Å². The van der Waals surface area contributed by atoms with Crippen LogP contribution in [0.1, 0.15) is 57.1 Å². The second-order valence-electron chi connectivity index (χ2n) is 8.65. The predicted molar refractivity (Wildman–Crippen MR) is 108 cm³/mol. The summed E-state index contributed by atoms with van der Waals surface area (Å²) in [6, 6.07) is 9.34. The fourth-order valence-corrected chi connectivity index (χ4v) is 5.02. The molecule has 0 bridgehead atoms. The predicted octanol–water partition coefficient (Wildman–Crippen LogP) is 2.27. The van der Waals surface area contributed by atoms with Gasteiger partial charge in [0.05, 0.1) is 10.7 Å². The molecule has 4 N–H and O–H groups in total. The first-order valence-corrected chi connectivity index (χ1v) is 10.6. The Morgan fingerprint density at radius 1 is 1.29 bits per heavy atom. The summed E-state index contributed by atoms with van der Waals surface area (Å²) in [6.45, 7) is 2.92. The summed E-state index contributed by atoms with van der Waals surface area (Å²) < 4.78 is 0. The zero-order valence-corrected chi connectivity index (χ0v) is 17.1. The Labute approximate surface area is 170 Å². The van der Waals surface area contributed by atoms with Crippen LogP contribution in [-0.2, 0) is 6.42 Å². The van der Waals surface area contributed by atoms with Crippen molar-refractivity contribution in [2.45, 2.75) is 75.6 Å². The topological polar surface area (TPSA) is 94.9 Å². The van der Waals surface area contributed by atoms with E-state index in [1.807, 2.05) is 19.1 Å². The van der Waals surface area contributed by atoms with Crippen molar-refractivity contribution in [2.24, 2.45) is 0 Å². The molecule has 1 aromatic carbocycles. The first-order chi connectivity index (χ1) is 13.4. The number of H-pyrrole nitrogens is 1. The number of nitrogens with two attached hydrogens (primary N) is 1. The zero-order chi connectivity index (χ0) is 19.7. The summed E-state index contributed by atoms with van der Waals surface area (Å²) in [5.74, 6) is 0.295. The lowest BCUT2D eigenvalue weighted by atomic mass is 9.81. The molecule has 1 saturated heterocycles. The third-order valence-corrected chi connectivity index (χ3v) is 6.65. The van der Waals surface area contributed by atoms with Gasteiger partial charge in [-0.1, -0.05) is 28.5 Å². The van der Waals surface area contributed by atoms with Crippen molar-refractivity contribution in [1.29, 1.82) is 0 Å². The van der Waals surface area contributed by atoms with Crippen LogP contribution in [0.5, 0.6) is 0 Å². The van der Waals surface area contributed by atoms with E-state index < -0.39 is 5.60 Å². The van der Waals surface area contributed by atoms with E-state index in [0.717, 1.165) is 56.5 Å². The van der Waals surface area contributed by atoms with Crippen molar-refractivity contribution < 1.29 is 9.90 Å². The number of tetrazole rings is 1. The quantitative estimate of drug-likeness (QED) is 0.678. The normalized spacial score (nSPS) is 31.8. The second kappa shape index (κ2) is 7.97. The summed E-state index contributed by atoms with van der Waals surface area (Å²) in [5, 5.41) is 22.5. The fourth-order valence-electron chi connectivity index (χ4n) is 4.90. The number of piperidine rings is 1. The number of aromatic nitrogens is 4. The molecule has 0 radical (unpaired) electrons. The Balaban J connectivity index is 1.43. The monoisotopic (exact) mass is 405 g/mol. The molecule has 1 unspecified atom stereocenters. The van der Waals surface area contributed by atoms with E-state index in [1.165, 1.54) is 5.56 Å². The highest BCUT2D eigenvalue weighted by molar-refractivity contribution is 6.30. The minimum absolute atomic E-state index is 0.295. The molecule has 152 valence electrons. The van der Waals surface area contributed by atoms with Crippen LogP contribution in [0, 0.1) is 0 Å². The molecule has 0 amide bonds. The van der Waals surface area contributed by atoms with Gasteiger partial charge in [-0.15, -0.1) is 0 Å². The number of halogens is 1. The van der Waals surface area contributed by atoms with E-state index in [-0.39, 0.29) is 0 Å². The number of anilines is 1. The van der Waals surface area contributed by atoms with Crippen molar-refractivity contribution in [3.8, 4) is 0 Å². The smallest absolute Gasteiger partial charge is 0.390 e. The number of aliphatic hydroxyl groups is 1. The summed E-state index contributed by atoms with van der Waals surface area (Å²) in [7, 11) is 0. The van der Waals surface area contributed by atoms with Crippen LogP contribution in [0.15, 0.2) is 24.3 Å². The number of rotatable bonds is 4.